The van der Waals surface area contributed by atoms with Crippen molar-refractivity contribution in [1.29, 1.82) is 0 Å². The molecule has 0 saturated heterocycles. The molecular formula is C25H19F3N2O3. The van der Waals surface area contributed by atoms with Crippen molar-refractivity contribution in [3.63, 3.8) is 0 Å². The molecule has 0 saturated carbocycles. The molecule has 8 heteroatoms. The van der Waals surface area contributed by atoms with Crippen LogP contribution in [-0.2, 0) is 16.1 Å². The van der Waals surface area contributed by atoms with Crippen LogP contribution in [0.25, 0.3) is 5.57 Å². The molecule has 33 heavy (non-hydrogen) atoms. The molecule has 0 spiro atoms. The first-order valence-electron chi connectivity index (χ1n) is 10.0. The van der Waals surface area contributed by atoms with Crippen LogP contribution in [0.1, 0.15) is 11.1 Å². The largest absolute Gasteiger partial charge is 0.573 e. The Morgan fingerprint density at radius 3 is 2.12 bits per heavy atom. The van der Waals surface area contributed by atoms with Crippen molar-refractivity contribution >= 4 is 23.1 Å². The molecule has 2 amide bonds. The second-order valence-electron chi connectivity index (χ2n) is 7.42. The number of rotatable bonds is 6. The quantitative estimate of drug-likeness (QED) is 0.494. The second-order valence-corrected chi connectivity index (χ2v) is 7.42. The van der Waals surface area contributed by atoms with Crippen LogP contribution < -0.4 is 9.64 Å². The molecule has 3 aromatic rings. The second kappa shape index (κ2) is 8.82. The van der Waals surface area contributed by atoms with Crippen LogP contribution in [0, 0.1) is 0 Å². The van der Waals surface area contributed by atoms with Crippen LogP contribution in [0.4, 0.5) is 18.9 Å². The number of amides is 2. The van der Waals surface area contributed by atoms with E-state index in [0.717, 1.165) is 22.6 Å². The Hall–Kier alpha value is -4.07. The minimum Gasteiger partial charge on any atom is -0.406 e. The monoisotopic (exact) mass is 452 g/mol. The number of nitrogens with zero attached hydrogens (tertiary/aromatic N) is 2. The average Bonchev–Trinajstić information content (AvgIpc) is 3.04. The Bertz CT molecular complexity index is 1210. The Kier molecular flexibility index (Phi) is 5.91. The van der Waals surface area contributed by atoms with Gasteiger partial charge in [0.2, 0.25) is 0 Å². The van der Waals surface area contributed by atoms with Gasteiger partial charge in [-0.2, -0.15) is 0 Å². The summed E-state index contributed by atoms with van der Waals surface area (Å²) < 4.78 is 42.0. The minimum absolute atomic E-state index is 0.0108. The van der Waals surface area contributed by atoms with Gasteiger partial charge in [-0.1, -0.05) is 66.7 Å². The van der Waals surface area contributed by atoms with Gasteiger partial charge < -0.3 is 9.64 Å². The lowest BCUT2D eigenvalue weighted by Crippen LogP contribution is -2.34. The summed E-state index contributed by atoms with van der Waals surface area (Å²) in [4.78, 5) is 29.5. The Morgan fingerprint density at radius 2 is 1.48 bits per heavy atom. The highest BCUT2D eigenvalue weighted by Gasteiger charge is 2.42. The van der Waals surface area contributed by atoms with Crippen LogP contribution in [0.5, 0.6) is 5.75 Å². The summed E-state index contributed by atoms with van der Waals surface area (Å²) in [7, 11) is 1.70. The molecule has 1 aliphatic rings. The van der Waals surface area contributed by atoms with E-state index in [2.05, 4.69) is 4.74 Å². The van der Waals surface area contributed by atoms with Crippen molar-refractivity contribution in [2.24, 2.45) is 0 Å². The summed E-state index contributed by atoms with van der Waals surface area (Å²) in [5, 5.41) is 0. The normalized spacial score (nSPS) is 14.1. The molecule has 3 aromatic carbocycles. The fraction of sp³-hybridized carbons (Fsp3) is 0.120. The predicted octanol–water partition coefficient (Wildman–Crippen LogP) is 5.00. The van der Waals surface area contributed by atoms with Gasteiger partial charge in [-0.3, -0.25) is 9.59 Å². The van der Waals surface area contributed by atoms with Crippen molar-refractivity contribution in [1.82, 2.24) is 4.90 Å². The van der Waals surface area contributed by atoms with Gasteiger partial charge in [-0.25, -0.2) is 4.90 Å². The molecule has 4 rings (SSSR count). The standard InChI is InChI=1S/C25H19F3N2O3/c1-29(16-17-9-4-2-5-10-17)22-21(18-11-6-3-7-12-18)23(31)30(24(22)32)19-13-8-14-20(15-19)33-25(26,27)28/h2-15H,16H2,1H3. The Morgan fingerprint density at radius 1 is 0.848 bits per heavy atom. The highest BCUT2D eigenvalue weighted by Crippen LogP contribution is 2.36. The molecule has 1 aliphatic heterocycles. The molecule has 0 atom stereocenters. The van der Waals surface area contributed by atoms with E-state index in [4.69, 9.17) is 0 Å². The molecule has 168 valence electrons. The minimum atomic E-state index is -4.90. The van der Waals surface area contributed by atoms with E-state index in [1.54, 1.807) is 42.3 Å². The van der Waals surface area contributed by atoms with E-state index < -0.39 is 23.9 Å². The number of imide groups is 1. The number of halogens is 3. The third-order valence-electron chi connectivity index (χ3n) is 5.08. The maximum absolute atomic E-state index is 13.5. The molecule has 1 heterocycles. The van der Waals surface area contributed by atoms with Gasteiger partial charge in [0.1, 0.15) is 11.4 Å². The molecule has 0 fully saturated rings. The summed E-state index contributed by atoms with van der Waals surface area (Å²) in [6.07, 6.45) is -4.90. The third kappa shape index (κ3) is 4.74. The summed E-state index contributed by atoms with van der Waals surface area (Å²) >= 11 is 0. The molecule has 0 radical (unpaired) electrons. The number of benzene rings is 3. The summed E-state index contributed by atoms with van der Waals surface area (Å²) in [5.41, 5.74) is 1.80. The van der Waals surface area contributed by atoms with Crippen LogP contribution in [-0.4, -0.2) is 30.1 Å². The molecule has 0 N–H and O–H groups in total. The van der Waals surface area contributed by atoms with E-state index in [1.807, 2.05) is 30.3 Å². The topological polar surface area (TPSA) is 49.9 Å². The lowest BCUT2D eigenvalue weighted by Gasteiger charge is -2.22. The van der Waals surface area contributed by atoms with Crippen molar-refractivity contribution < 1.29 is 27.5 Å². The van der Waals surface area contributed by atoms with Gasteiger partial charge in [0, 0.05) is 19.7 Å². The fourth-order valence-electron chi connectivity index (χ4n) is 3.73. The van der Waals surface area contributed by atoms with Crippen LogP contribution in [0.2, 0.25) is 0 Å². The lowest BCUT2D eigenvalue weighted by atomic mass is 10.0. The van der Waals surface area contributed by atoms with Crippen LogP contribution >= 0.6 is 0 Å². The molecule has 0 unspecified atom stereocenters. The average molecular weight is 452 g/mol. The van der Waals surface area contributed by atoms with Crippen molar-refractivity contribution in [2.75, 3.05) is 11.9 Å². The lowest BCUT2D eigenvalue weighted by molar-refractivity contribution is -0.274. The number of hydrogen-bond acceptors (Lipinski definition) is 4. The summed E-state index contributed by atoms with van der Waals surface area (Å²) in [5.74, 6) is -1.76. The van der Waals surface area contributed by atoms with Crippen molar-refractivity contribution in [3.8, 4) is 5.75 Å². The molecule has 0 aromatic heterocycles. The van der Waals surface area contributed by atoms with Gasteiger partial charge >= 0.3 is 6.36 Å². The van der Waals surface area contributed by atoms with Gasteiger partial charge in [-0.05, 0) is 23.3 Å². The van der Waals surface area contributed by atoms with E-state index in [1.165, 1.54) is 12.1 Å². The summed E-state index contributed by atoms with van der Waals surface area (Å²) in [6.45, 7) is 0.358. The van der Waals surface area contributed by atoms with E-state index in [-0.39, 0.29) is 17.0 Å². The maximum atomic E-state index is 13.5. The first kappa shape index (κ1) is 22.1. The number of alkyl halides is 3. The van der Waals surface area contributed by atoms with Gasteiger partial charge in [0.05, 0.1) is 11.3 Å². The summed E-state index contributed by atoms with van der Waals surface area (Å²) in [6, 6.07) is 22.9. The Balaban J connectivity index is 1.75. The number of carbonyl (C=O) groups is 2. The van der Waals surface area contributed by atoms with Gasteiger partial charge in [0.15, 0.2) is 0 Å². The zero-order chi connectivity index (χ0) is 23.6. The maximum Gasteiger partial charge on any atom is 0.573 e. The van der Waals surface area contributed by atoms with Gasteiger partial charge in [-0.15, -0.1) is 13.2 Å². The van der Waals surface area contributed by atoms with Crippen LogP contribution in [0.15, 0.2) is 90.6 Å². The molecule has 0 aliphatic carbocycles. The first-order valence-corrected chi connectivity index (χ1v) is 10.0. The third-order valence-corrected chi connectivity index (χ3v) is 5.08. The number of anilines is 1. The molecule has 0 bridgehead atoms. The van der Waals surface area contributed by atoms with Crippen LogP contribution in [0.3, 0.4) is 0 Å². The first-order chi connectivity index (χ1) is 15.7. The van der Waals surface area contributed by atoms with E-state index in [9.17, 15) is 22.8 Å². The smallest absolute Gasteiger partial charge is 0.406 e. The molecule has 5 nitrogen and oxygen atoms in total. The number of likely N-dealkylation sites (N-methyl/N-ethyl adjacent to an activating group) is 1. The van der Waals surface area contributed by atoms with Crippen molar-refractivity contribution in [3.05, 3.63) is 102 Å². The fourth-order valence-corrected chi connectivity index (χ4v) is 3.73. The SMILES string of the molecule is CN(Cc1ccccc1)C1=C(c2ccccc2)C(=O)N(c2cccc(OC(F)(F)F)c2)C1=O. The Labute approximate surface area is 188 Å². The number of ether oxygens (including phenoxy) is 1. The number of hydrogen-bond donors (Lipinski definition) is 0. The zero-order valence-corrected chi connectivity index (χ0v) is 17.5. The van der Waals surface area contributed by atoms with Crippen molar-refractivity contribution in [2.45, 2.75) is 12.9 Å². The molecular weight excluding hydrogens is 433 g/mol. The van der Waals surface area contributed by atoms with E-state index >= 15 is 0 Å². The highest BCUT2D eigenvalue weighted by atomic mass is 19.4. The highest BCUT2D eigenvalue weighted by molar-refractivity contribution is 6.45. The van der Waals surface area contributed by atoms with E-state index in [0.29, 0.717) is 12.1 Å². The zero-order valence-electron chi connectivity index (χ0n) is 17.5. The predicted molar refractivity (Wildman–Crippen MR) is 117 cm³/mol. The number of carbonyl (C=O) groups excluding carboxylic acids is 2. The van der Waals surface area contributed by atoms with Gasteiger partial charge in [0.25, 0.3) is 11.8 Å².